The maximum Gasteiger partial charge on any atom is 0.372 e. The number of carboxylic acid groups (broad SMARTS) is 1. The molecule has 1 aromatic carbocycles. The molecule has 0 spiro atoms. The number of nitrogens with one attached hydrogen (secondary N) is 2. The minimum absolute atomic E-state index is 0.0250. The molecular weight excluding hydrogens is 308 g/mol. The minimum atomic E-state index is -1.18. The van der Waals surface area contributed by atoms with E-state index < -0.39 is 11.9 Å². The number of carboxylic acids is 1. The molecule has 6 heteroatoms. The zero-order valence-electron chi connectivity index (χ0n) is 13.3. The number of hydrogen-bond acceptors (Lipinski definition) is 3. The highest BCUT2D eigenvalue weighted by atomic mass is 16.4. The molecule has 3 N–H and O–H groups in total. The summed E-state index contributed by atoms with van der Waals surface area (Å²) in [5.41, 5.74) is 2.75. The van der Waals surface area contributed by atoms with E-state index in [1.54, 1.807) is 6.92 Å². The van der Waals surface area contributed by atoms with Crippen LogP contribution in [0.3, 0.4) is 0 Å². The van der Waals surface area contributed by atoms with E-state index in [9.17, 15) is 9.59 Å². The molecule has 0 aliphatic carbocycles. The number of carbonyl (C=O) groups excluding carboxylic acids is 1. The number of aromatic nitrogens is 1. The lowest BCUT2D eigenvalue weighted by atomic mass is 10.1. The molecule has 0 atom stereocenters. The van der Waals surface area contributed by atoms with Crippen LogP contribution in [-0.4, -0.2) is 28.5 Å². The highest BCUT2D eigenvalue weighted by Gasteiger charge is 2.18. The predicted molar refractivity (Wildman–Crippen MR) is 89.4 cm³/mol. The Morgan fingerprint density at radius 2 is 2.08 bits per heavy atom. The van der Waals surface area contributed by atoms with Crippen LogP contribution >= 0.6 is 0 Å². The molecule has 0 aliphatic rings. The van der Waals surface area contributed by atoms with Crippen molar-refractivity contribution in [3.05, 3.63) is 59.2 Å². The summed E-state index contributed by atoms with van der Waals surface area (Å²) < 4.78 is 5.08. The van der Waals surface area contributed by atoms with Crippen LogP contribution in [0.1, 0.15) is 38.7 Å². The number of aryl methyl sites for hydroxylation is 2. The number of furan rings is 1. The highest BCUT2D eigenvalue weighted by molar-refractivity contribution is 5.94. The fourth-order valence-corrected chi connectivity index (χ4v) is 2.71. The van der Waals surface area contributed by atoms with Crippen LogP contribution < -0.4 is 5.32 Å². The van der Waals surface area contributed by atoms with Crippen molar-refractivity contribution in [2.24, 2.45) is 0 Å². The van der Waals surface area contributed by atoms with Gasteiger partial charge in [0.25, 0.3) is 5.91 Å². The summed E-state index contributed by atoms with van der Waals surface area (Å²) in [6.45, 7) is 2.08. The molecule has 2 heterocycles. The Kier molecular flexibility index (Phi) is 4.37. The van der Waals surface area contributed by atoms with Gasteiger partial charge in [0.05, 0.1) is 0 Å². The molecular formula is C18H18N2O4. The van der Waals surface area contributed by atoms with Crippen molar-refractivity contribution in [3.8, 4) is 0 Å². The summed E-state index contributed by atoms with van der Waals surface area (Å²) in [5.74, 6) is -1.74. The number of rotatable bonds is 6. The topological polar surface area (TPSA) is 95.3 Å². The van der Waals surface area contributed by atoms with Crippen molar-refractivity contribution in [2.75, 3.05) is 6.54 Å². The minimum Gasteiger partial charge on any atom is -0.475 e. The highest BCUT2D eigenvalue weighted by Crippen LogP contribution is 2.19. The number of fused-ring (bicyclic) bond motifs is 1. The first-order valence-electron chi connectivity index (χ1n) is 7.73. The molecule has 0 fully saturated rings. The molecule has 0 bridgehead atoms. The maximum absolute atomic E-state index is 12.0. The number of H-pyrrole nitrogens is 1. The van der Waals surface area contributed by atoms with Crippen LogP contribution in [0.4, 0.5) is 0 Å². The molecule has 24 heavy (non-hydrogen) atoms. The van der Waals surface area contributed by atoms with E-state index >= 15 is 0 Å². The van der Waals surface area contributed by atoms with Crippen LogP contribution in [0.5, 0.6) is 0 Å². The largest absolute Gasteiger partial charge is 0.475 e. The van der Waals surface area contributed by atoms with Gasteiger partial charge in [-0.05, 0) is 37.5 Å². The summed E-state index contributed by atoms with van der Waals surface area (Å²) in [4.78, 5) is 26.2. The van der Waals surface area contributed by atoms with E-state index in [1.165, 1.54) is 17.0 Å². The third-order valence-corrected chi connectivity index (χ3v) is 3.92. The van der Waals surface area contributed by atoms with Gasteiger partial charge in [0.1, 0.15) is 0 Å². The van der Waals surface area contributed by atoms with Crippen LogP contribution in [0.25, 0.3) is 10.9 Å². The van der Waals surface area contributed by atoms with E-state index in [4.69, 9.17) is 9.52 Å². The Morgan fingerprint density at radius 1 is 1.29 bits per heavy atom. The summed E-state index contributed by atoms with van der Waals surface area (Å²) in [6.07, 6.45) is 3.60. The number of amides is 1. The number of para-hydroxylation sites is 1. The molecule has 2 aromatic heterocycles. The SMILES string of the molecule is Cc1cc(C(=O)NCCCc2c[nH]c3ccccc23)oc1C(=O)O. The molecule has 0 saturated heterocycles. The van der Waals surface area contributed by atoms with E-state index in [0.717, 1.165) is 18.4 Å². The second-order valence-corrected chi connectivity index (χ2v) is 5.65. The fourth-order valence-electron chi connectivity index (χ4n) is 2.71. The van der Waals surface area contributed by atoms with Gasteiger partial charge in [-0.15, -0.1) is 0 Å². The van der Waals surface area contributed by atoms with Gasteiger partial charge < -0.3 is 19.8 Å². The Hall–Kier alpha value is -3.02. The Morgan fingerprint density at radius 3 is 2.83 bits per heavy atom. The predicted octanol–water partition coefficient (Wildman–Crippen LogP) is 3.13. The normalized spacial score (nSPS) is 10.9. The molecule has 3 aromatic rings. The van der Waals surface area contributed by atoms with Gasteiger partial charge in [0.2, 0.25) is 5.76 Å². The van der Waals surface area contributed by atoms with E-state index in [1.807, 2.05) is 24.4 Å². The zero-order chi connectivity index (χ0) is 17.1. The van der Waals surface area contributed by atoms with Gasteiger partial charge >= 0.3 is 5.97 Å². The van der Waals surface area contributed by atoms with Crippen LogP contribution in [0.15, 0.2) is 40.9 Å². The number of hydrogen-bond donors (Lipinski definition) is 3. The second-order valence-electron chi connectivity index (χ2n) is 5.65. The van der Waals surface area contributed by atoms with Crippen molar-refractivity contribution < 1.29 is 19.1 Å². The molecule has 124 valence electrons. The molecule has 6 nitrogen and oxygen atoms in total. The lowest BCUT2D eigenvalue weighted by molar-refractivity contribution is 0.0658. The van der Waals surface area contributed by atoms with Gasteiger partial charge in [-0.3, -0.25) is 4.79 Å². The van der Waals surface area contributed by atoms with E-state index in [0.29, 0.717) is 12.1 Å². The van der Waals surface area contributed by atoms with Crippen molar-refractivity contribution in [1.29, 1.82) is 0 Å². The first-order valence-corrected chi connectivity index (χ1v) is 7.73. The van der Waals surface area contributed by atoms with Crippen LogP contribution in [0.2, 0.25) is 0 Å². The first-order chi connectivity index (χ1) is 11.6. The van der Waals surface area contributed by atoms with Crippen molar-refractivity contribution in [3.63, 3.8) is 0 Å². The maximum atomic E-state index is 12.0. The lowest BCUT2D eigenvalue weighted by Gasteiger charge is -2.03. The molecule has 0 aliphatic heterocycles. The summed E-state index contributed by atoms with van der Waals surface area (Å²) in [5, 5.41) is 12.9. The second kappa shape index (κ2) is 6.62. The van der Waals surface area contributed by atoms with Crippen molar-refractivity contribution in [1.82, 2.24) is 10.3 Å². The van der Waals surface area contributed by atoms with Crippen LogP contribution in [-0.2, 0) is 6.42 Å². The van der Waals surface area contributed by atoms with Crippen molar-refractivity contribution >= 4 is 22.8 Å². The van der Waals surface area contributed by atoms with Crippen molar-refractivity contribution in [2.45, 2.75) is 19.8 Å². The van der Waals surface area contributed by atoms with Gasteiger partial charge in [0.15, 0.2) is 5.76 Å². The van der Waals surface area contributed by atoms with E-state index in [2.05, 4.69) is 16.4 Å². The fraction of sp³-hybridized carbons (Fsp3) is 0.222. The Balaban J connectivity index is 1.54. The zero-order valence-corrected chi connectivity index (χ0v) is 13.3. The van der Waals surface area contributed by atoms with Crippen LogP contribution in [0, 0.1) is 6.92 Å². The van der Waals surface area contributed by atoms with Gasteiger partial charge in [0, 0.05) is 29.2 Å². The number of carbonyl (C=O) groups is 2. The summed E-state index contributed by atoms with van der Waals surface area (Å²) in [7, 11) is 0. The average Bonchev–Trinajstić information content (AvgIpc) is 3.15. The Bertz CT molecular complexity index is 891. The van der Waals surface area contributed by atoms with Gasteiger partial charge in [-0.1, -0.05) is 18.2 Å². The third kappa shape index (κ3) is 3.17. The van der Waals surface area contributed by atoms with Gasteiger partial charge in [-0.2, -0.15) is 0 Å². The quantitative estimate of drug-likeness (QED) is 0.606. The Labute approximate surface area is 138 Å². The standard InChI is InChI=1S/C18H18N2O4/c1-11-9-15(24-16(11)18(22)23)17(21)19-8-4-5-12-10-20-14-7-3-2-6-13(12)14/h2-3,6-7,9-10,20H,4-5,8H2,1H3,(H,19,21)(H,22,23). The molecule has 0 radical (unpaired) electrons. The molecule has 1 amide bonds. The summed E-state index contributed by atoms with van der Waals surface area (Å²) >= 11 is 0. The molecule has 3 rings (SSSR count). The number of benzene rings is 1. The summed E-state index contributed by atoms with van der Waals surface area (Å²) in [6, 6.07) is 9.53. The monoisotopic (exact) mass is 326 g/mol. The number of aromatic amines is 1. The van der Waals surface area contributed by atoms with E-state index in [-0.39, 0.29) is 11.5 Å². The molecule has 0 unspecified atom stereocenters. The number of aromatic carboxylic acids is 1. The smallest absolute Gasteiger partial charge is 0.372 e. The third-order valence-electron chi connectivity index (χ3n) is 3.92. The van der Waals surface area contributed by atoms with Gasteiger partial charge in [-0.25, -0.2) is 4.79 Å². The molecule has 0 saturated carbocycles. The first kappa shape index (κ1) is 15.9. The lowest BCUT2D eigenvalue weighted by Crippen LogP contribution is -2.24. The average molecular weight is 326 g/mol.